The maximum Gasteiger partial charge on any atom is 0.307 e. The van der Waals surface area contributed by atoms with E-state index in [0.29, 0.717) is 0 Å². The van der Waals surface area contributed by atoms with Gasteiger partial charge in [-0.05, 0) is 17.5 Å². The second-order valence-corrected chi connectivity index (χ2v) is 4.78. The van der Waals surface area contributed by atoms with Crippen LogP contribution in [0.3, 0.4) is 0 Å². The average molecular weight is 217 g/mol. The summed E-state index contributed by atoms with van der Waals surface area (Å²) in [5.41, 5.74) is 0.707. The van der Waals surface area contributed by atoms with E-state index in [-0.39, 0.29) is 17.3 Å². The topological polar surface area (TPSA) is 49.7 Å². The van der Waals surface area contributed by atoms with Crippen molar-refractivity contribution in [3.8, 4) is 0 Å². The molecule has 0 radical (unpaired) electrons. The lowest BCUT2D eigenvalue weighted by Gasteiger charge is -1.96. The molecule has 1 aliphatic rings. The van der Waals surface area contributed by atoms with Crippen LogP contribution in [0.1, 0.15) is 13.8 Å². The highest BCUT2D eigenvalue weighted by molar-refractivity contribution is 5.85. The second-order valence-electron chi connectivity index (χ2n) is 4.78. The Kier molecular flexibility index (Phi) is 2.54. The highest BCUT2D eigenvalue weighted by Crippen LogP contribution is 2.57. The van der Waals surface area contributed by atoms with Gasteiger partial charge >= 0.3 is 5.97 Å². The number of carboxylic acid groups (broad SMARTS) is 1. The molecule has 3 heteroatoms. The van der Waals surface area contributed by atoms with E-state index < -0.39 is 5.97 Å². The van der Waals surface area contributed by atoms with Crippen molar-refractivity contribution in [2.24, 2.45) is 22.2 Å². The molecule has 2 unspecified atom stereocenters. The van der Waals surface area contributed by atoms with Gasteiger partial charge in [0.15, 0.2) is 0 Å². The van der Waals surface area contributed by atoms with E-state index in [1.54, 1.807) is 6.21 Å². The number of rotatable bonds is 3. The molecule has 16 heavy (non-hydrogen) atoms. The Bertz CT molecular complexity index is 423. The van der Waals surface area contributed by atoms with Gasteiger partial charge in [0.2, 0.25) is 0 Å². The molecule has 1 fully saturated rings. The third-order valence-corrected chi connectivity index (χ3v) is 3.32. The van der Waals surface area contributed by atoms with Gasteiger partial charge in [-0.2, -0.15) is 0 Å². The van der Waals surface area contributed by atoms with Gasteiger partial charge in [0.05, 0.1) is 11.6 Å². The van der Waals surface area contributed by atoms with Gasteiger partial charge in [0.25, 0.3) is 0 Å². The molecule has 0 aromatic heterocycles. The Morgan fingerprint density at radius 2 is 2.00 bits per heavy atom. The van der Waals surface area contributed by atoms with Crippen LogP contribution >= 0.6 is 0 Å². The normalized spacial score (nSPS) is 26.9. The Hall–Kier alpha value is -1.64. The third-order valence-electron chi connectivity index (χ3n) is 3.32. The third kappa shape index (κ3) is 1.85. The predicted octanol–water partition coefficient (Wildman–Crippen LogP) is 2.75. The van der Waals surface area contributed by atoms with E-state index in [4.69, 9.17) is 5.11 Å². The molecule has 1 aliphatic carbocycles. The molecule has 0 heterocycles. The SMILES string of the molecule is CC1(C)C(/C=N/c2ccccc2)C1C(=O)O. The molecule has 0 bridgehead atoms. The maximum absolute atomic E-state index is 10.9. The summed E-state index contributed by atoms with van der Waals surface area (Å²) in [7, 11) is 0. The second kappa shape index (κ2) is 3.74. The lowest BCUT2D eigenvalue weighted by molar-refractivity contribution is -0.139. The molecule has 0 amide bonds. The minimum atomic E-state index is -0.727. The summed E-state index contributed by atoms with van der Waals surface area (Å²) in [6, 6.07) is 9.57. The molecule has 0 aliphatic heterocycles. The standard InChI is InChI=1S/C13H15NO2/c1-13(2)10(11(13)12(15)16)8-14-9-6-4-3-5-7-9/h3-8,10-11H,1-2H3,(H,15,16)/b14-8+. The quantitative estimate of drug-likeness (QED) is 0.791. The fourth-order valence-corrected chi connectivity index (χ4v) is 2.11. The summed E-state index contributed by atoms with van der Waals surface area (Å²) in [6.07, 6.45) is 1.77. The number of hydrogen-bond donors (Lipinski definition) is 1. The fraction of sp³-hybridized carbons (Fsp3) is 0.385. The molecular weight excluding hydrogens is 202 g/mol. The number of carbonyl (C=O) groups is 1. The number of hydrogen-bond acceptors (Lipinski definition) is 2. The van der Waals surface area contributed by atoms with E-state index in [0.717, 1.165) is 5.69 Å². The number of aliphatic imine (C=N–C) groups is 1. The summed E-state index contributed by atoms with van der Waals surface area (Å²) in [6.45, 7) is 3.93. The zero-order chi connectivity index (χ0) is 11.8. The number of aliphatic carboxylic acids is 1. The van der Waals surface area contributed by atoms with Crippen LogP contribution in [0.25, 0.3) is 0 Å². The number of para-hydroxylation sites is 1. The molecule has 0 saturated heterocycles. The van der Waals surface area contributed by atoms with Crippen LogP contribution < -0.4 is 0 Å². The van der Waals surface area contributed by atoms with Crippen LogP contribution in [0.15, 0.2) is 35.3 Å². The van der Waals surface area contributed by atoms with Crippen molar-refractivity contribution in [3.63, 3.8) is 0 Å². The first kappa shape index (κ1) is 10.9. The maximum atomic E-state index is 10.9. The van der Waals surface area contributed by atoms with Crippen molar-refractivity contribution in [2.45, 2.75) is 13.8 Å². The van der Waals surface area contributed by atoms with Gasteiger partial charge in [-0.25, -0.2) is 0 Å². The zero-order valence-electron chi connectivity index (χ0n) is 9.42. The highest BCUT2D eigenvalue weighted by atomic mass is 16.4. The summed E-state index contributed by atoms with van der Waals surface area (Å²) in [5.74, 6) is -0.973. The Balaban J connectivity index is 2.08. The molecule has 3 nitrogen and oxygen atoms in total. The molecule has 1 aromatic carbocycles. The number of nitrogens with zero attached hydrogens (tertiary/aromatic N) is 1. The monoisotopic (exact) mass is 217 g/mol. The molecule has 0 spiro atoms. The van der Waals surface area contributed by atoms with Crippen molar-refractivity contribution in [1.82, 2.24) is 0 Å². The highest BCUT2D eigenvalue weighted by Gasteiger charge is 2.61. The van der Waals surface area contributed by atoms with E-state index in [1.807, 2.05) is 44.2 Å². The Morgan fingerprint density at radius 1 is 1.38 bits per heavy atom. The van der Waals surface area contributed by atoms with Gasteiger partial charge in [0.1, 0.15) is 0 Å². The summed E-state index contributed by atoms with van der Waals surface area (Å²) >= 11 is 0. The minimum Gasteiger partial charge on any atom is -0.481 e. The molecular formula is C13H15NO2. The predicted molar refractivity (Wildman–Crippen MR) is 63.0 cm³/mol. The van der Waals surface area contributed by atoms with Crippen molar-refractivity contribution < 1.29 is 9.90 Å². The van der Waals surface area contributed by atoms with E-state index in [2.05, 4.69) is 4.99 Å². The van der Waals surface area contributed by atoms with Crippen LogP contribution in [0, 0.1) is 17.3 Å². The van der Waals surface area contributed by atoms with Crippen molar-refractivity contribution in [2.75, 3.05) is 0 Å². The van der Waals surface area contributed by atoms with Crippen LogP contribution in [0.4, 0.5) is 5.69 Å². The molecule has 1 aromatic rings. The lowest BCUT2D eigenvalue weighted by Crippen LogP contribution is -2.03. The van der Waals surface area contributed by atoms with Gasteiger partial charge in [0, 0.05) is 12.1 Å². The number of benzene rings is 1. The van der Waals surface area contributed by atoms with Crippen molar-refractivity contribution in [1.29, 1.82) is 0 Å². The summed E-state index contributed by atoms with van der Waals surface area (Å²) < 4.78 is 0. The lowest BCUT2D eigenvalue weighted by atomic mass is 10.1. The van der Waals surface area contributed by atoms with Gasteiger partial charge in [-0.3, -0.25) is 9.79 Å². The minimum absolute atomic E-state index is 0.0465. The van der Waals surface area contributed by atoms with Gasteiger partial charge in [-0.1, -0.05) is 32.0 Å². The Labute approximate surface area is 94.8 Å². The first-order valence-electron chi connectivity index (χ1n) is 5.35. The van der Waals surface area contributed by atoms with E-state index in [1.165, 1.54) is 0 Å². The van der Waals surface area contributed by atoms with Gasteiger partial charge in [-0.15, -0.1) is 0 Å². The van der Waals surface area contributed by atoms with Crippen molar-refractivity contribution >= 4 is 17.9 Å². The Morgan fingerprint density at radius 3 is 2.50 bits per heavy atom. The van der Waals surface area contributed by atoms with E-state index in [9.17, 15) is 4.79 Å². The molecule has 1 saturated carbocycles. The molecule has 2 rings (SSSR count). The van der Waals surface area contributed by atoms with Crippen LogP contribution in [-0.4, -0.2) is 17.3 Å². The largest absolute Gasteiger partial charge is 0.481 e. The van der Waals surface area contributed by atoms with E-state index >= 15 is 0 Å². The molecule has 84 valence electrons. The van der Waals surface area contributed by atoms with Gasteiger partial charge < -0.3 is 5.11 Å². The van der Waals surface area contributed by atoms with Crippen LogP contribution in [0.2, 0.25) is 0 Å². The molecule has 1 N–H and O–H groups in total. The van der Waals surface area contributed by atoms with Crippen LogP contribution in [-0.2, 0) is 4.79 Å². The summed E-state index contributed by atoms with van der Waals surface area (Å²) in [4.78, 5) is 15.2. The van der Waals surface area contributed by atoms with Crippen molar-refractivity contribution in [3.05, 3.63) is 30.3 Å². The number of carboxylic acids is 1. The zero-order valence-corrected chi connectivity index (χ0v) is 9.42. The first-order valence-corrected chi connectivity index (χ1v) is 5.35. The van der Waals surface area contributed by atoms with Crippen LogP contribution in [0.5, 0.6) is 0 Å². The summed E-state index contributed by atoms with van der Waals surface area (Å²) in [5, 5.41) is 8.99. The fourth-order valence-electron chi connectivity index (χ4n) is 2.11. The average Bonchev–Trinajstić information content (AvgIpc) is 2.79. The molecule has 2 atom stereocenters. The first-order chi connectivity index (χ1) is 7.53. The smallest absolute Gasteiger partial charge is 0.307 e.